The first-order valence-electron chi connectivity index (χ1n) is 9.53. The summed E-state index contributed by atoms with van der Waals surface area (Å²) in [6, 6.07) is 16.4. The first-order valence-corrected chi connectivity index (χ1v) is 9.53. The number of benzene rings is 1. The summed E-state index contributed by atoms with van der Waals surface area (Å²) in [5.74, 6) is 0.612. The van der Waals surface area contributed by atoms with Crippen LogP contribution in [0.15, 0.2) is 60.9 Å². The number of likely N-dealkylation sites (tertiary alicyclic amines) is 1. The average Bonchev–Trinajstić information content (AvgIpc) is 3.18. The van der Waals surface area contributed by atoms with Crippen molar-refractivity contribution in [3.63, 3.8) is 0 Å². The van der Waals surface area contributed by atoms with Gasteiger partial charge in [-0.3, -0.25) is 14.9 Å². The summed E-state index contributed by atoms with van der Waals surface area (Å²) in [4.78, 5) is 18.6. The summed E-state index contributed by atoms with van der Waals surface area (Å²) in [5, 5.41) is 7.72. The number of aromatic amines is 1. The van der Waals surface area contributed by atoms with Gasteiger partial charge in [0.25, 0.3) is 0 Å². The molecule has 1 aliphatic rings. The number of aromatic nitrogens is 3. The Balaban J connectivity index is 1.31. The number of hydrogen-bond acceptors (Lipinski definition) is 3. The van der Waals surface area contributed by atoms with E-state index in [2.05, 4.69) is 45.5 Å². The van der Waals surface area contributed by atoms with Gasteiger partial charge in [-0.2, -0.15) is 5.10 Å². The molecular formula is C22H24N4O. The Hall–Kier alpha value is -2.95. The van der Waals surface area contributed by atoms with E-state index in [9.17, 15) is 4.79 Å². The smallest absolute Gasteiger partial charge is 0.227 e. The lowest BCUT2D eigenvalue weighted by atomic mass is 9.93. The van der Waals surface area contributed by atoms with Gasteiger partial charge in [0.05, 0.1) is 12.1 Å². The lowest BCUT2D eigenvalue weighted by Crippen LogP contribution is -2.38. The maximum absolute atomic E-state index is 12.5. The minimum Gasteiger partial charge on any atom is -0.342 e. The van der Waals surface area contributed by atoms with Crippen molar-refractivity contribution in [2.45, 2.75) is 31.6 Å². The van der Waals surface area contributed by atoms with Gasteiger partial charge in [-0.1, -0.05) is 36.4 Å². The van der Waals surface area contributed by atoms with Gasteiger partial charge in [-0.25, -0.2) is 0 Å². The maximum Gasteiger partial charge on any atom is 0.227 e. The summed E-state index contributed by atoms with van der Waals surface area (Å²) in [6.07, 6.45) is 6.74. The van der Waals surface area contributed by atoms with Crippen molar-refractivity contribution in [3.8, 4) is 0 Å². The Bertz CT molecular complexity index is 868. The van der Waals surface area contributed by atoms with E-state index in [1.54, 1.807) is 12.4 Å². The molecule has 0 aliphatic carbocycles. The van der Waals surface area contributed by atoms with E-state index in [1.165, 1.54) is 5.56 Å². The lowest BCUT2D eigenvalue weighted by molar-refractivity contribution is -0.131. The molecule has 1 N–H and O–H groups in total. The molecule has 0 saturated carbocycles. The fraction of sp³-hybridized carbons (Fsp3) is 0.318. The number of nitrogens with one attached hydrogen (secondary N) is 1. The van der Waals surface area contributed by atoms with Gasteiger partial charge in [0, 0.05) is 43.5 Å². The maximum atomic E-state index is 12.5. The second kappa shape index (κ2) is 8.16. The van der Waals surface area contributed by atoms with Gasteiger partial charge in [0.1, 0.15) is 0 Å². The summed E-state index contributed by atoms with van der Waals surface area (Å²) >= 11 is 0. The van der Waals surface area contributed by atoms with E-state index < -0.39 is 0 Å². The van der Waals surface area contributed by atoms with Gasteiger partial charge in [-0.05, 0) is 36.1 Å². The zero-order valence-corrected chi connectivity index (χ0v) is 15.3. The van der Waals surface area contributed by atoms with Crippen LogP contribution in [0, 0.1) is 0 Å². The van der Waals surface area contributed by atoms with Crippen LogP contribution in [-0.4, -0.2) is 39.1 Å². The molecule has 0 atom stereocenters. The second-order valence-electron chi connectivity index (χ2n) is 7.17. The predicted octanol–water partition coefficient (Wildman–Crippen LogP) is 3.34. The molecular weight excluding hydrogens is 336 g/mol. The van der Waals surface area contributed by atoms with E-state index in [0.717, 1.165) is 49.3 Å². The van der Waals surface area contributed by atoms with Gasteiger partial charge in [0.15, 0.2) is 0 Å². The summed E-state index contributed by atoms with van der Waals surface area (Å²) in [6.45, 7) is 1.59. The van der Waals surface area contributed by atoms with E-state index in [-0.39, 0.29) is 5.91 Å². The van der Waals surface area contributed by atoms with Crippen molar-refractivity contribution in [3.05, 3.63) is 83.4 Å². The standard InChI is InChI=1S/C22H24N4O/c27-22(14-18-7-4-10-23-16-18)26-11-8-19(9-12-26)21-15-20(24-25-21)13-17-5-2-1-3-6-17/h1-7,10,15-16,19H,8-9,11-14H2,(H,24,25). The number of carbonyl (C=O) groups is 1. The Kier molecular flexibility index (Phi) is 5.28. The molecule has 0 unspecified atom stereocenters. The molecule has 0 radical (unpaired) electrons. The van der Waals surface area contributed by atoms with Crippen LogP contribution in [0.3, 0.4) is 0 Å². The summed E-state index contributed by atoms with van der Waals surface area (Å²) in [5.41, 5.74) is 4.53. The van der Waals surface area contributed by atoms with Crippen LogP contribution in [0.5, 0.6) is 0 Å². The zero-order valence-electron chi connectivity index (χ0n) is 15.3. The molecule has 1 amide bonds. The first-order chi connectivity index (χ1) is 13.3. The topological polar surface area (TPSA) is 61.9 Å². The second-order valence-corrected chi connectivity index (χ2v) is 7.17. The van der Waals surface area contributed by atoms with Crippen LogP contribution in [0.2, 0.25) is 0 Å². The van der Waals surface area contributed by atoms with Crippen molar-refractivity contribution in [2.24, 2.45) is 0 Å². The number of piperidine rings is 1. The number of carbonyl (C=O) groups excluding carboxylic acids is 1. The van der Waals surface area contributed by atoms with Crippen molar-refractivity contribution in [1.29, 1.82) is 0 Å². The number of rotatable bonds is 5. The molecule has 3 aromatic rings. The molecule has 1 aromatic carbocycles. The van der Waals surface area contributed by atoms with Gasteiger partial charge in [0.2, 0.25) is 5.91 Å². The van der Waals surface area contributed by atoms with Crippen molar-refractivity contribution >= 4 is 5.91 Å². The molecule has 1 fully saturated rings. The number of pyridine rings is 1. The Morgan fingerprint density at radius 1 is 1.07 bits per heavy atom. The Morgan fingerprint density at radius 3 is 2.59 bits per heavy atom. The minimum atomic E-state index is 0.188. The van der Waals surface area contributed by atoms with Crippen LogP contribution < -0.4 is 0 Å². The molecule has 27 heavy (non-hydrogen) atoms. The van der Waals surface area contributed by atoms with E-state index >= 15 is 0 Å². The number of H-pyrrole nitrogens is 1. The summed E-state index contributed by atoms with van der Waals surface area (Å²) < 4.78 is 0. The Morgan fingerprint density at radius 2 is 1.85 bits per heavy atom. The molecule has 5 heteroatoms. The lowest BCUT2D eigenvalue weighted by Gasteiger charge is -2.31. The van der Waals surface area contributed by atoms with E-state index in [4.69, 9.17) is 0 Å². The fourth-order valence-corrected chi connectivity index (χ4v) is 3.71. The molecule has 3 heterocycles. The molecule has 2 aromatic heterocycles. The normalized spacial score (nSPS) is 15.0. The summed E-state index contributed by atoms with van der Waals surface area (Å²) in [7, 11) is 0. The van der Waals surface area contributed by atoms with Crippen LogP contribution in [0.25, 0.3) is 0 Å². The molecule has 4 rings (SSSR count). The molecule has 138 valence electrons. The third kappa shape index (κ3) is 4.42. The molecule has 1 saturated heterocycles. The molecule has 5 nitrogen and oxygen atoms in total. The fourth-order valence-electron chi connectivity index (χ4n) is 3.71. The van der Waals surface area contributed by atoms with E-state index in [1.807, 2.05) is 23.1 Å². The van der Waals surface area contributed by atoms with Crippen molar-refractivity contribution < 1.29 is 4.79 Å². The number of nitrogens with zero attached hydrogens (tertiary/aromatic N) is 3. The third-order valence-electron chi connectivity index (χ3n) is 5.23. The number of amides is 1. The molecule has 0 spiro atoms. The van der Waals surface area contributed by atoms with Crippen molar-refractivity contribution in [2.75, 3.05) is 13.1 Å². The predicted molar refractivity (Wildman–Crippen MR) is 104 cm³/mol. The first kappa shape index (κ1) is 17.5. The van der Waals surface area contributed by atoms with Crippen LogP contribution in [0.4, 0.5) is 0 Å². The highest BCUT2D eigenvalue weighted by Crippen LogP contribution is 2.27. The molecule has 0 bridgehead atoms. The largest absolute Gasteiger partial charge is 0.342 e. The average molecular weight is 360 g/mol. The zero-order chi connectivity index (χ0) is 18.5. The van der Waals surface area contributed by atoms with Gasteiger partial charge >= 0.3 is 0 Å². The van der Waals surface area contributed by atoms with Crippen LogP contribution in [-0.2, 0) is 17.6 Å². The van der Waals surface area contributed by atoms with Crippen LogP contribution >= 0.6 is 0 Å². The van der Waals surface area contributed by atoms with Gasteiger partial charge < -0.3 is 4.90 Å². The van der Waals surface area contributed by atoms with Crippen LogP contribution in [0.1, 0.15) is 41.3 Å². The highest BCUT2D eigenvalue weighted by molar-refractivity contribution is 5.78. The quantitative estimate of drug-likeness (QED) is 0.759. The van der Waals surface area contributed by atoms with Crippen molar-refractivity contribution in [1.82, 2.24) is 20.1 Å². The third-order valence-corrected chi connectivity index (χ3v) is 5.23. The Labute approximate surface area is 159 Å². The SMILES string of the molecule is O=C(Cc1cccnc1)N1CCC(c2cc(Cc3ccccc3)[nH]n2)CC1. The highest BCUT2D eigenvalue weighted by atomic mass is 16.2. The number of hydrogen-bond donors (Lipinski definition) is 1. The highest BCUT2D eigenvalue weighted by Gasteiger charge is 2.25. The van der Waals surface area contributed by atoms with E-state index in [0.29, 0.717) is 12.3 Å². The molecule has 1 aliphatic heterocycles. The van der Waals surface area contributed by atoms with Gasteiger partial charge in [-0.15, -0.1) is 0 Å². The monoisotopic (exact) mass is 360 g/mol. The minimum absolute atomic E-state index is 0.188.